The third kappa shape index (κ3) is 7.54. The van der Waals surface area contributed by atoms with Crippen molar-refractivity contribution in [1.29, 1.82) is 0 Å². The standard InChI is InChI=1S/C37H39N9O5S/c1-24-30(31(48)46(24)33-42-44-45-43-33)40-29(47)22-38-51-36(5,32(49)50-35(2,3)4)21-28-23-52-34(39-28)41-37(25-15-9-6-10-16-25,26-17-11-7-12-18-26)27-19-13-8-14-20-27/h6-20,22-24,30H,21H2,1-5H3,(H,39,41)(H,40,47)(H,42,43,44,45)/b38-22+. The quantitative estimate of drug-likeness (QED) is 0.0511. The van der Waals surface area contributed by atoms with Crippen molar-refractivity contribution in [3.63, 3.8) is 0 Å². The second-order valence-electron chi connectivity index (χ2n) is 13.5. The second-order valence-corrected chi connectivity index (χ2v) is 14.4. The number of rotatable bonds is 13. The number of hydrogen-bond acceptors (Lipinski definition) is 12. The monoisotopic (exact) mass is 721 g/mol. The van der Waals surface area contributed by atoms with Crippen molar-refractivity contribution < 1.29 is 24.0 Å². The van der Waals surface area contributed by atoms with Crippen LogP contribution in [-0.4, -0.2) is 72.9 Å². The molecule has 1 aliphatic rings. The molecule has 0 aliphatic carbocycles. The first-order chi connectivity index (χ1) is 24.9. The topological polar surface area (TPSA) is 177 Å². The lowest BCUT2D eigenvalue weighted by Crippen LogP contribution is -2.70. The second kappa shape index (κ2) is 14.7. The highest BCUT2D eigenvalue weighted by Gasteiger charge is 2.48. The molecule has 3 atom stereocenters. The van der Waals surface area contributed by atoms with Gasteiger partial charge < -0.3 is 20.2 Å². The first-order valence-electron chi connectivity index (χ1n) is 16.6. The van der Waals surface area contributed by atoms with E-state index < -0.39 is 46.6 Å². The van der Waals surface area contributed by atoms with Crippen LogP contribution in [0.2, 0.25) is 0 Å². The van der Waals surface area contributed by atoms with E-state index in [4.69, 9.17) is 14.6 Å². The van der Waals surface area contributed by atoms with Gasteiger partial charge in [-0.15, -0.1) is 16.4 Å². The maximum atomic E-state index is 13.6. The molecule has 1 fully saturated rings. The Labute approximate surface area is 304 Å². The minimum absolute atomic E-state index is 0.0220. The Bertz CT molecular complexity index is 1920. The molecule has 3 N–H and O–H groups in total. The number of aromatic amines is 1. The maximum absolute atomic E-state index is 13.6. The molecule has 14 nitrogen and oxygen atoms in total. The SMILES string of the molecule is CC1C(NC(=O)/C=N/OC(C)(Cc2csc(NC(c3ccccc3)(c3ccccc3)c3ccccc3)n2)C(=O)OC(C)(C)C)C(=O)N1c1nn[nH]n1. The van der Waals surface area contributed by atoms with Gasteiger partial charge in [-0.05, 0) is 56.5 Å². The number of carbonyl (C=O) groups excluding carboxylic acids is 3. The Balaban J connectivity index is 1.23. The molecule has 5 aromatic rings. The Hall–Kier alpha value is -5.96. The van der Waals surface area contributed by atoms with Crippen molar-refractivity contribution in [2.75, 3.05) is 10.2 Å². The number of nitrogens with zero attached hydrogens (tertiary/aromatic N) is 6. The molecule has 0 radical (unpaired) electrons. The number of anilines is 2. The minimum atomic E-state index is -1.67. The van der Waals surface area contributed by atoms with E-state index in [0.717, 1.165) is 22.9 Å². The van der Waals surface area contributed by atoms with Gasteiger partial charge in [-0.25, -0.2) is 9.78 Å². The molecule has 1 saturated heterocycles. The van der Waals surface area contributed by atoms with Crippen molar-refractivity contribution in [2.45, 2.75) is 69.9 Å². The highest BCUT2D eigenvalue weighted by Crippen LogP contribution is 2.41. The molecular weight excluding hydrogens is 683 g/mol. The van der Waals surface area contributed by atoms with Crippen LogP contribution in [0.25, 0.3) is 0 Å². The van der Waals surface area contributed by atoms with Crippen molar-refractivity contribution in [3.8, 4) is 0 Å². The van der Waals surface area contributed by atoms with E-state index in [0.29, 0.717) is 10.8 Å². The number of β-lactam (4-membered cyclic amide) rings is 1. The molecule has 3 unspecified atom stereocenters. The van der Waals surface area contributed by atoms with Crippen LogP contribution in [0.5, 0.6) is 0 Å². The number of thiazole rings is 1. The van der Waals surface area contributed by atoms with Crippen LogP contribution in [0.3, 0.4) is 0 Å². The summed E-state index contributed by atoms with van der Waals surface area (Å²) in [6, 6.07) is 29.2. The molecule has 2 aromatic heterocycles. The predicted molar refractivity (Wildman–Crippen MR) is 196 cm³/mol. The van der Waals surface area contributed by atoms with Gasteiger partial charge in [-0.1, -0.05) is 101 Å². The molecule has 2 amide bonds. The zero-order valence-corrected chi connectivity index (χ0v) is 30.1. The van der Waals surface area contributed by atoms with Crippen LogP contribution < -0.4 is 15.5 Å². The fraction of sp³-hybridized carbons (Fsp3) is 0.297. The summed E-state index contributed by atoms with van der Waals surface area (Å²) in [5.74, 6) is -1.67. The van der Waals surface area contributed by atoms with Gasteiger partial charge in [0, 0.05) is 11.8 Å². The van der Waals surface area contributed by atoms with Gasteiger partial charge in [-0.3, -0.25) is 14.5 Å². The molecular formula is C37H39N9O5S. The summed E-state index contributed by atoms with van der Waals surface area (Å²) in [7, 11) is 0. The number of tetrazole rings is 1. The molecule has 268 valence electrons. The van der Waals surface area contributed by atoms with Gasteiger partial charge in [0.1, 0.15) is 23.4 Å². The fourth-order valence-corrected chi connectivity index (χ4v) is 6.75. The highest BCUT2D eigenvalue weighted by molar-refractivity contribution is 7.13. The van der Waals surface area contributed by atoms with Crippen LogP contribution in [0.1, 0.15) is 57.0 Å². The zero-order valence-electron chi connectivity index (χ0n) is 29.3. The van der Waals surface area contributed by atoms with E-state index in [1.54, 1.807) is 27.7 Å². The Kier molecular flexibility index (Phi) is 10.1. The number of oxime groups is 1. The lowest BCUT2D eigenvalue weighted by molar-refractivity contribution is -0.182. The molecule has 3 aromatic carbocycles. The number of carbonyl (C=O) groups is 3. The van der Waals surface area contributed by atoms with E-state index in [2.05, 4.69) is 72.8 Å². The third-order valence-corrected chi connectivity index (χ3v) is 9.29. The molecule has 52 heavy (non-hydrogen) atoms. The maximum Gasteiger partial charge on any atom is 0.354 e. The van der Waals surface area contributed by atoms with Crippen molar-refractivity contribution in [1.82, 2.24) is 30.9 Å². The van der Waals surface area contributed by atoms with Gasteiger partial charge in [0.05, 0.1) is 11.7 Å². The van der Waals surface area contributed by atoms with Gasteiger partial charge in [0.15, 0.2) is 5.13 Å². The van der Waals surface area contributed by atoms with Crippen LogP contribution in [0.4, 0.5) is 11.1 Å². The summed E-state index contributed by atoms with van der Waals surface area (Å²) in [4.78, 5) is 51.0. The molecule has 3 heterocycles. The van der Waals surface area contributed by atoms with Gasteiger partial charge in [0.25, 0.3) is 17.8 Å². The van der Waals surface area contributed by atoms with Crippen molar-refractivity contribution in [2.24, 2.45) is 5.16 Å². The largest absolute Gasteiger partial charge is 0.457 e. The smallest absolute Gasteiger partial charge is 0.354 e. The number of nitrogens with one attached hydrogen (secondary N) is 3. The minimum Gasteiger partial charge on any atom is -0.457 e. The molecule has 0 spiro atoms. The molecule has 0 saturated carbocycles. The Morgan fingerprint density at radius 3 is 2.02 bits per heavy atom. The van der Waals surface area contributed by atoms with E-state index in [1.165, 1.54) is 23.2 Å². The first-order valence-corrected chi connectivity index (χ1v) is 17.5. The molecule has 6 rings (SSSR count). The number of H-pyrrole nitrogens is 1. The number of amides is 2. The third-order valence-electron chi connectivity index (χ3n) is 8.48. The van der Waals surface area contributed by atoms with Gasteiger partial charge >= 0.3 is 5.97 Å². The summed E-state index contributed by atoms with van der Waals surface area (Å²) in [5.41, 5.74) is 0.281. The number of benzene rings is 3. The number of hydrogen-bond donors (Lipinski definition) is 3. The van der Waals surface area contributed by atoms with Gasteiger partial charge in [0.2, 0.25) is 5.60 Å². The van der Waals surface area contributed by atoms with Crippen LogP contribution in [-0.2, 0) is 35.9 Å². The van der Waals surface area contributed by atoms with E-state index in [-0.39, 0.29) is 12.4 Å². The molecule has 0 bridgehead atoms. The fourth-order valence-electron chi connectivity index (χ4n) is 5.99. The summed E-state index contributed by atoms with van der Waals surface area (Å²) >= 11 is 1.39. The zero-order chi connectivity index (χ0) is 36.9. The Morgan fingerprint density at radius 1 is 0.942 bits per heavy atom. The average molecular weight is 722 g/mol. The van der Waals surface area contributed by atoms with Gasteiger partial charge in [-0.2, -0.15) is 5.21 Å². The van der Waals surface area contributed by atoms with Crippen molar-refractivity contribution in [3.05, 3.63) is 119 Å². The normalized spacial score (nSPS) is 17.2. The lowest BCUT2D eigenvalue weighted by Gasteiger charge is -2.42. The summed E-state index contributed by atoms with van der Waals surface area (Å²) < 4.78 is 5.71. The summed E-state index contributed by atoms with van der Waals surface area (Å²) in [6.45, 7) is 8.51. The highest BCUT2D eigenvalue weighted by atomic mass is 32.1. The first kappa shape index (κ1) is 35.9. The van der Waals surface area contributed by atoms with E-state index in [9.17, 15) is 14.4 Å². The molecule has 15 heteroatoms. The summed E-state index contributed by atoms with van der Waals surface area (Å²) in [6.07, 6.45) is 0.855. The van der Waals surface area contributed by atoms with E-state index in [1.807, 2.05) is 60.0 Å². The van der Waals surface area contributed by atoms with Crippen LogP contribution in [0, 0.1) is 0 Å². The lowest BCUT2D eigenvalue weighted by atomic mass is 9.77. The Morgan fingerprint density at radius 2 is 1.52 bits per heavy atom. The summed E-state index contributed by atoms with van der Waals surface area (Å²) in [5, 5.41) is 26.0. The average Bonchev–Trinajstić information content (AvgIpc) is 3.82. The van der Waals surface area contributed by atoms with Crippen LogP contribution in [0.15, 0.2) is 102 Å². The predicted octanol–water partition coefficient (Wildman–Crippen LogP) is 4.63. The van der Waals surface area contributed by atoms with Crippen molar-refractivity contribution >= 4 is 46.4 Å². The number of esters is 1. The molecule has 1 aliphatic heterocycles. The van der Waals surface area contributed by atoms with Crippen LogP contribution >= 0.6 is 11.3 Å². The number of ether oxygens (including phenoxy) is 1. The van der Waals surface area contributed by atoms with E-state index >= 15 is 0 Å². The number of aromatic nitrogens is 5.